The van der Waals surface area contributed by atoms with Crippen LogP contribution in [0.2, 0.25) is 40.2 Å². The van der Waals surface area contributed by atoms with Crippen molar-refractivity contribution >= 4 is 115 Å². The summed E-state index contributed by atoms with van der Waals surface area (Å²) in [6.07, 6.45) is 3.10. The average Bonchev–Trinajstić information content (AvgIpc) is 1.64. The van der Waals surface area contributed by atoms with Gasteiger partial charge in [-0.05, 0) is 198 Å². The van der Waals surface area contributed by atoms with E-state index in [4.69, 9.17) is 130 Å². The fourth-order valence-corrected chi connectivity index (χ4v) is 18.0. The minimum Gasteiger partial charge on any atom is -0.493 e. The van der Waals surface area contributed by atoms with Gasteiger partial charge in [0.2, 0.25) is 23.3 Å². The number of alkyl halides is 12. The Bertz CT molecular complexity index is 6970. The van der Waals surface area contributed by atoms with Gasteiger partial charge in [0, 0.05) is 78.4 Å². The van der Waals surface area contributed by atoms with Gasteiger partial charge in [-0.2, -0.15) is 72.6 Å². The van der Waals surface area contributed by atoms with E-state index < -0.39 is 47.0 Å². The monoisotopic (exact) mass is 2060 g/mol. The van der Waals surface area contributed by atoms with E-state index in [1.807, 2.05) is 50.2 Å². The summed E-state index contributed by atoms with van der Waals surface area (Å²) in [7, 11) is 0. The van der Waals surface area contributed by atoms with Crippen LogP contribution in [0.3, 0.4) is 0 Å². The molecule has 24 nitrogen and oxygen atoms in total. The SMILES string of the molecule is C=C1CC[C@@H](COc2cc(Cl)c(-c3nc(-c4cn5cc(C(F)(F)F)cc(Cl)c5n4)no3)cc2Cl)C1.C=C1CC[C@@H](COc2cc(Cl)c(-c3noc(-c4cn5cc(C(F)(F)F)cc(Cl)c5n4)n3)cc2Cl)C1.C=C1CC[C@@H](COc2ccc(-c3nc(-c4cn5cc(C(F)(F)F)cc(Cl)c5n4)no3)cc2C)C1.C=C1CC[C@@H](COc2ccc(-c3noc(-c4cn5cc(C(F)(F)F)cc(Cl)c5n4)n3)cc2C)C1. The first-order chi connectivity index (χ1) is 65.5. The summed E-state index contributed by atoms with van der Waals surface area (Å²) in [6.45, 7) is 22.3. The molecular weight excluding hydrogens is 1990 g/mol. The Morgan fingerprint density at radius 3 is 0.978 bits per heavy atom. The number of nitrogens with zero attached hydrogens (tertiary/aromatic N) is 16. The molecule has 4 atom stereocenters. The molecule has 16 aromatic rings. The summed E-state index contributed by atoms with van der Waals surface area (Å²) in [5.74, 6) is 5.25. The van der Waals surface area contributed by atoms with E-state index in [0.29, 0.717) is 99.2 Å². The highest BCUT2D eigenvalue weighted by Crippen LogP contribution is 2.45. The van der Waals surface area contributed by atoms with Crippen LogP contribution in [0.1, 0.15) is 110 Å². The molecule has 0 saturated heterocycles. The van der Waals surface area contributed by atoms with E-state index in [-0.39, 0.29) is 112 Å². The highest BCUT2D eigenvalue weighted by molar-refractivity contribution is 6.37. The third-order valence-corrected chi connectivity index (χ3v) is 25.5. The first-order valence-corrected chi connectivity index (χ1v) is 45.3. The standard InChI is InChI=1S/2C24H20ClF3N4O2.2C23H16Cl3F3N4O2/c1-13-3-4-15(7-13)12-33-20-6-5-16(8-14(20)2)23-30-21(31-34-23)19-11-32-10-17(24(26,27)28)9-18(25)22(32)29-19;1-13-3-4-15(7-13)12-33-20-6-5-16(8-14(20)2)21-30-23(34-31-21)19-11-32-10-17(24(26,27)28)9-18(25)22(32)29-19;1-11-2-3-12(4-11)10-34-19-7-15(24)14(6-16(19)25)22-31-20(32-35-22)18-9-33-8-13(23(27,28)29)5-17(26)21(33)30-18;1-11-2-3-12(4-11)10-34-19-7-15(24)14(6-16(19)25)20-31-22(35-32-20)18-9-33-8-13(23(27,28)29)5-17(26)21(33)30-18/h2*5-6,8-11,15H,1,3-4,7,12H2,2H3;2*5-9,12H,1-4,10H2/t2*15-;2*12-/m1111/s1. The molecule has 12 heterocycles. The van der Waals surface area contributed by atoms with Crippen molar-refractivity contribution in [3.63, 3.8) is 0 Å². The Morgan fingerprint density at radius 2 is 0.609 bits per heavy atom. The van der Waals surface area contributed by atoms with Gasteiger partial charge in [0.1, 0.15) is 45.8 Å². The molecule has 20 rings (SSSR count). The number of aromatic nitrogens is 16. The number of imidazole rings is 4. The second-order valence-electron chi connectivity index (χ2n) is 33.6. The van der Waals surface area contributed by atoms with Gasteiger partial charge in [0.25, 0.3) is 23.6 Å². The molecule has 716 valence electrons. The van der Waals surface area contributed by atoms with Crippen molar-refractivity contribution in [2.24, 2.45) is 23.7 Å². The van der Waals surface area contributed by atoms with Crippen LogP contribution >= 0.6 is 92.8 Å². The molecule has 4 aromatic carbocycles. The Kier molecular flexibility index (Phi) is 28.0. The zero-order valence-electron chi connectivity index (χ0n) is 72.1. The van der Waals surface area contributed by atoms with Gasteiger partial charge in [-0.25, -0.2) is 19.9 Å². The lowest BCUT2D eigenvalue weighted by molar-refractivity contribution is -0.138. The first-order valence-electron chi connectivity index (χ1n) is 42.3. The fourth-order valence-electron chi connectivity index (χ4n) is 16.0. The fraction of sp³-hybridized carbons (Fsp3) is 0.277. The number of allylic oxidation sites excluding steroid dienone is 4. The largest absolute Gasteiger partial charge is 0.493 e. The average molecular weight is 2070 g/mol. The number of halogens is 20. The van der Waals surface area contributed by atoms with E-state index in [9.17, 15) is 52.7 Å². The van der Waals surface area contributed by atoms with Gasteiger partial charge in [-0.3, -0.25) is 0 Å². The number of ether oxygens (including phenoxy) is 4. The third-order valence-electron chi connectivity index (χ3n) is 23.1. The van der Waals surface area contributed by atoms with Crippen LogP contribution < -0.4 is 18.9 Å². The normalized spacial score (nSPS) is 16.4. The molecule has 0 unspecified atom stereocenters. The molecule has 0 aliphatic heterocycles. The lowest BCUT2D eigenvalue weighted by Crippen LogP contribution is -2.08. The lowest BCUT2D eigenvalue weighted by Gasteiger charge is -2.13. The topological polar surface area (TPSA) is 262 Å². The second-order valence-corrected chi connectivity index (χ2v) is 36.8. The van der Waals surface area contributed by atoms with Crippen molar-refractivity contribution in [1.29, 1.82) is 0 Å². The molecule has 4 aliphatic rings. The maximum absolute atomic E-state index is 13.1. The van der Waals surface area contributed by atoms with Crippen LogP contribution in [0.4, 0.5) is 52.7 Å². The van der Waals surface area contributed by atoms with Gasteiger partial charge in [0.05, 0.1) is 94.4 Å². The molecule has 4 aliphatic carbocycles. The van der Waals surface area contributed by atoms with Crippen LogP contribution in [-0.4, -0.2) is 105 Å². The van der Waals surface area contributed by atoms with Crippen molar-refractivity contribution in [3.05, 3.63) is 257 Å². The van der Waals surface area contributed by atoms with Crippen molar-refractivity contribution in [1.82, 2.24) is 78.1 Å². The molecule has 0 bridgehead atoms. The van der Waals surface area contributed by atoms with Gasteiger partial charge in [-0.15, -0.1) is 0 Å². The highest BCUT2D eigenvalue weighted by Gasteiger charge is 2.38. The zero-order chi connectivity index (χ0) is 97.9. The number of fused-ring (bicyclic) bond motifs is 4. The molecule has 0 spiro atoms. The van der Waals surface area contributed by atoms with Gasteiger partial charge >= 0.3 is 24.7 Å². The summed E-state index contributed by atoms with van der Waals surface area (Å²) in [5, 5.41) is 16.4. The van der Waals surface area contributed by atoms with E-state index in [0.717, 1.165) is 163 Å². The maximum atomic E-state index is 13.1. The van der Waals surface area contributed by atoms with Crippen LogP contribution in [0.15, 0.2) is 201 Å². The Hall–Kier alpha value is -12.2. The third kappa shape index (κ3) is 22.2. The predicted octanol–water partition coefficient (Wildman–Crippen LogP) is 29.1. The smallest absolute Gasteiger partial charge is 0.417 e. The van der Waals surface area contributed by atoms with Crippen molar-refractivity contribution in [2.45, 2.75) is 116 Å². The molecule has 0 amide bonds. The van der Waals surface area contributed by atoms with Crippen molar-refractivity contribution < 1.29 is 89.7 Å². The molecular formula is C94H72Cl8F12N16O8. The molecule has 4 saturated carbocycles. The number of hydrogen-bond donors (Lipinski definition) is 0. The van der Waals surface area contributed by atoms with Crippen molar-refractivity contribution in [2.75, 3.05) is 26.4 Å². The van der Waals surface area contributed by atoms with Gasteiger partial charge < -0.3 is 54.6 Å². The minimum absolute atomic E-state index is 0.0256. The number of hydrogen-bond acceptors (Lipinski definition) is 20. The Morgan fingerprint density at radius 1 is 0.312 bits per heavy atom. The number of pyridine rings is 4. The summed E-state index contributed by atoms with van der Waals surface area (Å²) in [5.41, 5.74) is 6.80. The molecule has 0 radical (unpaired) electrons. The van der Waals surface area contributed by atoms with Crippen LogP contribution in [-0.2, 0) is 24.7 Å². The van der Waals surface area contributed by atoms with Crippen LogP contribution in [0.5, 0.6) is 23.0 Å². The van der Waals surface area contributed by atoms with Crippen LogP contribution in [0.25, 0.3) is 114 Å². The highest BCUT2D eigenvalue weighted by atomic mass is 35.5. The van der Waals surface area contributed by atoms with E-state index >= 15 is 0 Å². The zero-order valence-corrected chi connectivity index (χ0v) is 78.2. The Balaban J connectivity index is 0.000000127. The quantitative estimate of drug-likeness (QED) is 0.0507. The summed E-state index contributed by atoms with van der Waals surface area (Å²) in [4.78, 5) is 34.3. The van der Waals surface area contributed by atoms with Gasteiger partial charge in [0.15, 0.2) is 22.6 Å². The lowest BCUT2D eigenvalue weighted by atomic mass is 10.1. The number of aryl methyl sites for hydroxylation is 2. The molecule has 0 N–H and O–H groups in total. The molecule has 4 fully saturated rings. The van der Waals surface area contributed by atoms with Gasteiger partial charge in [-0.1, -0.05) is 162 Å². The summed E-state index contributed by atoms with van der Waals surface area (Å²) < 4.78 is 207. The second kappa shape index (κ2) is 39.6. The first kappa shape index (κ1) is 97.5. The summed E-state index contributed by atoms with van der Waals surface area (Å²) in [6, 6.07) is 20.7. The van der Waals surface area contributed by atoms with E-state index in [1.165, 1.54) is 55.9 Å². The predicted molar refractivity (Wildman–Crippen MR) is 493 cm³/mol. The van der Waals surface area contributed by atoms with E-state index in [1.54, 1.807) is 24.3 Å². The molecule has 12 aromatic heterocycles. The minimum atomic E-state index is -4.56. The number of benzene rings is 4. The number of rotatable bonds is 20. The summed E-state index contributed by atoms with van der Waals surface area (Å²) >= 11 is 49.7. The van der Waals surface area contributed by atoms with Crippen LogP contribution in [0, 0.1) is 37.5 Å². The van der Waals surface area contributed by atoms with E-state index in [2.05, 4.69) is 86.8 Å². The Labute approximate surface area is 815 Å². The maximum Gasteiger partial charge on any atom is 0.417 e. The molecule has 44 heteroatoms. The van der Waals surface area contributed by atoms with Crippen molar-refractivity contribution in [3.8, 4) is 115 Å². The molecule has 138 heavy (non-hydrogen) atoms.